The van der Waals surface area contributed by atoms with Crippen LogP contribution in [0.3, 0.4) is 0 Å². The van der Waals surface area contributed by atoms with Crippen molar-refractivity contribution >= 4 is 15.9 Å². The molecule has 0 heterocycles. The minimum atomic E-state index is -3.31. The number of ether oxygens (including phenoxy) is 1. The topological polar surface area (TPSA) is 75.7 Å². The van der Waals surface area contributed by atoms with Gasteiger partial charge in [-0.3, -0.25) is 4.79 Å². The molecular formula is C10H22N2O4S. The lowest BCUT2D eigenvalue weighted by Crippen LogP contribution is -2.40. The lowest BCUT2D eigenvalue weighted by molar-refractivity contribution is -0.121. The van der Waals surface area contributed by atoms with Crippen molar-refractivity contribution in [2.45, 2.75) is 19.8 Å². The van der Waals surface area contributed by atoms with Crippen LogP contribution in [0.1, 0.15) is 19.8 Å². The van der Waals surface area contributed by atoms with Crippen molar-refractivity contribution in [3.05, 3.63) is 0 Å². The van der Waals surface area contributed by atoms with Crippen LogP contribution in [-0.2, 0) is 19.6 Å². The minimum Gasteiger partial charge on any atom is -0.385 e. The fourth-order valence-corrected chi connectivity index (χ4v) is 2.14. The van der Waals surface area contributed by atoms with E-state index in [0.29, 0.717) is 26.1 Å². The minimum absolute atomic E-state index is 0.111. The van der Waals surface area contributed by atoms with E-state index in [1.807, 2.05) is 6.92 Å². The summed E-state index contributed by atoms with van der Waals surface area (Å²) in [6.07, 6.45) is 2.51. The van der Waals surface area contributed by atoms with Crippen LogP contribution in [0.2, 0.25) is 0 Å². The Hall–Kier alpha value is -0.660. The first-order valence-corrected chi connectivity index (χ1v) is 7.47. The summed E-state index contributed by atoms with van der Waals surface area (Å²) in [6.45, 7) is 3.19. The smallest absolute Gasteiger partial charge is 0.235 e. The number of carbonyl (C=O) groups is 1. The van der Waals surface area contributed by atoms with Gasteiger partial charge in [0, 0.05) is 26.8 Å². The van der Waals surface area contributed by atoms with Gasteiger partial charge in [0.1, 0.15) is 0 Å². The van der Waals surface area contributed by atoms with E-state index in [9.17, 15) is 13.2 Å². The molecule has 17 heavy (non-hydrogen) atoms. The normalized spacial score (nSPS) is 11.8. The molecule has 0 radical (unpaired) electrons. The summed E-state index contributed by atoms with van der Waals surface area (Å²) in [5.74, 6) is -0.278. The SMILES string of the molecule is CCCN(CC(=O)NCCCOC)S(C)(=O)=O. The van der Waals surface area contributed by atoms with Crippen LogP contribution in [0, 0.1) is 0 Å². The quantitative estimate of drug-likeness (QED) is 0.587. The molecule has 1 N–H and O–H groups in total. The summed E-state index contributed by atoms with van der Waals surface area (Å²) in [6, 6.07) is 0. The van der Waals surface area contributed by atoms with Gasteiger partial charge >= 0.3 is 0 Å². The number of sulfonamides is 1. The molecule has 6 nitrogen and oxygen atoms in total. The molecule has 1 amide bonds. The highest BCUT2D eigenvalue weighted by atomic mass is 32.2. The lowest BCUT2D eigenvalue weighted by atomic mass is 10.4. The maximum absolute atomic E-state index is 11.5. The predicted octanol–water partition coefficient (Wildman–Crippen LogP) is -0.189. The molecule has 0 fully saturated rings. The second-order valence-corrected chi connectivity index (χ2v) is 5.78. The van der Waals surface area contributed by atoms with E-state index in [1.165, 1.54) is 4.31 Å². The Balaban J connectivity index is 4.05. The van der Waals surface area contributed by atoms with Crippen molar-refractivity contribution in [3.8, 4) is 0 Å². The first-order valence-electron chi connectivity index (χ1n) is 5.62. The van der Waals surface area contributed by atoms with E-state index in [2.05, 4.69) is 5.32 Å². The zero-order valence-electron chi connectivity index (χ0n) is 10.7. The summed E-state index contributed by atoms with van der Waals surface area (Å²) in [5, 5.41) is 2.65. The fourth-order valence-electron chi connectivity index (χ4n) is 1.27. The fraction of sp³-hybridized carbons (Fsp3) is 0.900. The molecule has 0 atom stereocenters. The van der Waals surface area contributed by atoms with Gasteiger partial charge in [-0.15, -0.1) is 0 Å². The maximum atomic E-state index is 11.5. The summed E-state index contributed by atoms with van der Waals surface area (Å²) in [5.41, 5.74) is 0. The molecule has 0 saturated carbocycles. The van der Waals surface area contributed by atoms with E-state index in [-0.39, 0.29) is 12.5 Å². The Bertz CT molecular complexity index is 316. The van der Waals surface area contributed by atoms with Crippen LogP contribution in [-0.4, -0.2) is 58.2 Å². The van der Waals surface area contributed by atoms with Gasteiger partial charge in [-0.1, -0.05) is 6.92 Å². The molecule has 0 aromatic heterocycles. The van der Waals surface area contributed by atoms with Crippen molar-refractivity contribution < 1.29 is 17.9 Å². The molecule has 0 rings (SSSR count). The monoisotopic (exact) mass is 266 g/mol. The molecule has 7 heteroatoms. The van der Waals surface area contributed by atoms with Crippen LogP contribution >= 0.6 is 0 Å². The molecule has 0 bridgehead atoms. The van der Waals surface area contributed by atoms with E-state index < -0.39 is 10.0 Å². The van der Waals surface area contributed by atoms with Gasteiger partial charge in [-0.25, -0.2) is 8.42 Å². The van der Waals surface area contributed by atoms with Crippen LogP contribution in [0.15, 0.2) is 0 Å². The average Bonchev–Trinajstić information content (AvgIpc) is 2.22. The second-order valence-electron chi connectivity index (χ2n) is 3.79. The van der Waals surface area contributed by atoms with Crippen molar-refractivity contribution in [1.82, 2.24) is 9.62 Å². The van der Waals surface area contributed by atoms with Crippen molar-refractivity contribution in [1.29, 1.82) is 0 Å². The highest BCUT2D eigenvalue weighted by Crippen LogP contribution is 1.98. The van der Waals surface area contributed by atoms with E-state index >= 15 is 0 Å². The number of carbonyl (C=O) groups excluding carboxylic acids is 1. The number of nitrogens with zero attached hydrogens (tertiary/aromatic N) is 1. The van der Waals surface area contributed by atoms with Gasteiger partial charge in [0.15, 0.2) is 0 Å². The molecule has 0 spiro atoms. The lowest BCUT2D eigenvalue weighted by Gasteiger charge is -2.18. The Kier molecular flexibility index (Phi) is 8.11. The van der Waals surface area contributed by atoms with E-state index in [4.69, 9.17) is 4.74 Å². The van der Waals surface area contributed by atoms with Crippen LogP contribution in [0.25, 0.3) is 0 Å². The van der Waals surface area contributed by atoms with Gasteiger partial charge in [0.05, 0.1) is 12.8 Å². The number of hydrogen-bond acceptors (Lipinski definition) is 4. The third kappa shape index (κ3) is 8.12. The zero-order chi connectivity index (χ0) is 13.3. The zero-order valence-corrected chi connectivity index (χ0v) is 11.5. The molecule has 0 aromatic carbocycles. The molecule has 0 aliphatic carbocycles. The molecule has 102 valence electrons. The molecule has 0 unspecified atom stereocenters. The number of amides is 1. The molecular weight excluding hydrogens is 244 g/mol. The van der Waals surface area contributed by atoms with Crippen LogP contribution in [0.4, 0.5) is 0 Å². The summed E-state index contributed by atoms with van der Waals surface area (Å²) < 4.78 is 28.7. The van der Waals surface area contributed by atoms with Gasteiger partial charge in [-0.05, 0) is 12.8 Å². The third-order valence-electron chi connectivity index (χ3n) is 2.11. The molecule has 0 saturated heterocycles. The highest BCUT2D eigenvalue weighted by Gasteiger charge is 2.18. The Morgan fingerprint density at radius 2 is 2.06 bits per heavy atom. The van der Waals surface area contributed by atoms with Gasteiger partial charge in [0.25, 0.3) is 0 Å². The largest absolute Gasteiger partial charge is 0.385 e. The van der Waals surface area contributed by atoms with E-state index in [0.717, 1.165) is 12.7 Å². The van der Waals surface area contributed by atoms with Crippen LogP contribution in [0.5, 0.6) is 0 Å². The standard InChI is InChI=1S/C10H22N2O4S/c1-4-7-12(17(3,14)15)9-10(13)11-6-5-8-16-2/h4-9H2,1-3H3,(H,11,13). The first-order chi connectivity index (χ1) is 7.91. The first kappa shape index (κ1) is 16.3. The van der Waals surface area contributed by atoms with E-state index in [1.54, 1.807) is 7.11 Å². The number of hydrogen-bond donors (Lipinski definition) is 1. The summed E-state index contributed by atoms with van der Waals surface area (Å²) >= 11 is 0. The summed E-state index contributed by atoms with van der Waals surface area (Å²) in [7, 11) is -1.72. The molecule has 0 aliphatic heterocycles. The van der Waals surface area contributed by atoms with Gasteiger partial charge < -0.3 is 10.1 Å². The predicted molar refractivity (Wildman–Crippen MR) is 66.2 cm³/mol. The Labute approximate surface area is 103 Å². The average molecular weight is 266 g/mol. The van der Waals surface area contributed by atoms with Crippen LogP contribution < -0.4 is 5.32 Å². The molecule has 0 aromatic rings. The van der Waals surface area contributed by atoms with Crippen molar-refractivity contribution in [2.24, 2.45) is 0 Å². The van der Waals surface area contributed by atoms with Gasteiger partial charge in [-0.2, -0.15) is 4.31 Å². The van der Waals surface area contributed by atoms with Gasteiger partial charge in [0.2, 0.25) is 15.9 Å². The Morgan fingerprint density at radius 3 is 2.53 bits per heavy atom. The number of nitrogens with one attached hydrogen (secondary N) is 1. The van der Waals surface area contributed by atoms with Crippen molar-refractivity contribution in [3.63, 3.8) is 0 Å². The third-order valence-corrected chi connectivity index (χ3v) is 3.36. The number of methoxy groups -OCH3 is 1. The summed E-state index contributed by atoms with van der Waals surface area (Å²) in [4.78, 5) is 11.5. The Morgan fingerprint density at radius 1 is 1.41 bits per heavy atom. The van der Waals surface area contributed by atoms with Crippen molar-refractivity contribution in [2.75, 3.05) is 39.6 Å². The number of rotatable bonds is 9. The maximum Gasteiger partial charge on any atom is 0.235 e. The highest BCUT2D eigenvalue weighted by molar-refractivity contribution is 7.88. The molecule has 0 aliphatic rings. The second kappa shape index (κ2) is 8.43.